The first-order chi connectivity index (χ1) is 17.1. The molecule has 0 amide bonds. The zero-order valence-corrected chi connectivity index (χ0v) is 19.2. The van der Waals surface area contributed by atoms with E-state index in [1.165, 1.54) is 11.8 Å². The SMILES string of the molecule is Nc1c(-c2ccc(C#Cc3ccc(CN4CCOCC4)cc3)cc2)cc2ccncc2c1C(=O)O. The number of benzene rings is 3. The number of nitrogens with two attached hydrogens (primary N) is 1. The Bertz CT molecular complexity index is 1430. The molecule has 0 bridgehead atoms. The number of morpholine rings is 1. The van der Waals surface area contributed by atoms with Gasteiger partial charge >= 0.3 is 5.97 Å². The van der Waals surface area contributed by atoms with Gasteiger partial charge in [-0.05, 0) is 52.9 Å². The molecule has 3 N–H and O–H groups in total. The van der Waals surface area contributed by atoms with Gasteiger partial charge in [-0.2, -0.15) is 0 Å². The Balaban J connectivity index is 1.35. The van der Waals surface area contributed by atoms with Gasteiger partial charge in [0.25, 0.3) is 0 Å². The topological polar surface area (TPSA) is 88.7 Å². The Morgan fingerprint density at radius 2 is 1.66 bits per heavy atom. The van der Waals surface area contributed by atoms with Crippen molar-refractivity contribution in [2.24, 2.45) is 0 Å². The number of rotatable bonds is 4. The lowest BCUT2D eigenvalue weighted by molar-refractivity contribution is 0.0342. The van der Waals surface area contributed by atoms with Gasteiger partial charge in [-0.3, -0.25) is 9.88 Å². The van der Waals surface area contributed by atoms with E-state index in [0.717, 1.165) is 54.9 Å². The molecule has 0 radical (unpaired) electrons. The zero-order valence-electron chi connectivity index (χ0n) is 19.2. The molecule has 0 spiro atoms. The van der Waals surface area contributed by atoms with E-state index in [2.05, 4.69) is 46.0 Å². The third-order valence-electron chi connectivity index (χ3n) is 6.21. The van der Waals surface area contributed by atoms with Crippen molar-refractivity contribution < 1.29 is 14.6 Å². The first kappa shape index (κ1) is 22.6. The summed E-state index contributed by atoms with van der Waals surface area (Å²) >= 11 is 0. The van der Waals surface area contributed by atoms with Crippen LogP contribution in [0.2, 0.25) is 0 Å². The van der Waals surface area contributed by atoms with Crippen LogP contribution < -0.4 is 5.73 Å². The summed E-state index contributed by atoms with van der Waals surface area (Å²) in [6, 6.07) is 19.7. The number of carbonyl (C=O) groups is 1. The molecule has 174 valence electrons. The minimum atomic E-state index is -1.07. The molecule has 1 aliphatic rings. The Morgan fingerprint density at radius 1 is 1.00 bits per heavy atom. The molecule has 0 unspecified atom stereocenters. The number of nitrogen functional groups attached to an aromatic ring is 1. The van der Waals surface area contributed by atoms with Crippen LogP contribution in [0.25, 0.3) is 21.9 Å². The van der Waals surface area contributed by atoms with Crippen molar-refractivity contribution in [3.8, 4) is 23.0 Å². The highest BCUT2D eigenvalue weighted by Gasteiger charge is 2.18. The van der Waals surface area contributed by atoms with Gasteiger partial charge in [0, 0.05) is 54.1 Å². The lowest BCUT2D eigenvalue weighted by Gasteiger charge is -2.26. The van der Waals surface area contributed by atoms with Crippen LogP contribution in [-0.2, 0) is 11.3 Å². The summed E-state index contributed by atoms with van der Waals surface area (Å²) in [5.41, 5.74) is 11.2. The van der Waals surface area contributed by atoms with Crippen molar-refractivity contribution in [1.29, 1.82) is 0 Å². The highest BCUT2D eigenvalue weighted by atomic mass is 16.5. The average molecular weight is 464 g/mol. The van der Waals surface area contributed by atoms with E-state index in [1.807, 2.05) is 30.3 Å². The predicted octanol–water partition coefficient (Wildman–Crippen LogP) is 4.41. The second kappa shape index (κ2) is 9.98. The maximum absolute atomic E-state index is 11.9. The van der Waals surface area contributed by atoms with Crippen molar-refractivity contribution >= 4 is 22.4 Å². The van der Waals surface area contributed by atoms with Crippen LogP contribution in [0.5, 0.6) is 0 Å². The molecule has 0 atom stereocenters. The van der Waals surface area contributed by atoms with Crippen LogP contribution >= 0.6 is 0 Å². The molecule has 4 aromatic rings. The first-order valence-electron chi connectivity index (χ1n) is 11.5. The number of carboxylic acids is 1. The molecule has 0 saturated carbocycles. The number of ether oxygens (including phenoxy) is 1. The van der Waals surface area contributed by atoms with Crippen LogP contribution in [0, 0.1) is 11.8 Å². The molecule has 0 aliphatic carbocycles. The van der Waals surface area contributed by atoms with Gasteiger partial charge in [-0.1, -0.05) is 36.1 Å². The number of carboxylic acid groups (broad SMARTS) is 1. The van der Waals surface area contributed by atoms with Crippen LogP contribution in [0.4, 0.5) is 5.69 Å². The number of hydrogen-bond donors (Lipinski definition) is 2. The molecule has 6 heteroatoms. The van der Waals surface area contributed by atoms with E-state index in [-0.39, 0.29) is 11.3 Å². The summed E-state index contributed by atoms with van der Waals surface area (Å²) in [5, 5.41) is 11.0. The fourth-order valence-electron chi connectivity index (χ4n) is 4.31. The van der Waals surface area contributed by atoms with E-state index in [1.54, 1.807) is 12.3 Å². The molecule has 1 aromatic heterocycles. The van der Waals surface area contributed by atoms with E-state index >= 15 is 0 Å². The molecule has 6 nitrogen and oxygen atoms in total. The van der Waals surface area contributed by atoms with Gasteiger partial charge in [-0.15, -0.1) is 0 Å². The summed E-state index contributed by atoms with van der Waals surface area (Å²) in [5.74, 6) is 5.35. The fraction of sp³-hybridized carbons (Fsp3) is 0.172. The third kappa shape index (κ3) is 5.02. The largest absolute Gasteiger partial charge is 0.478 e. The van der Waals surface area contributed by atoms with E-state index in [9.17, 15) is 9.90 Å². The molecule has 5 rings (SSSR count). The number of fused-ring (bicyclic) bond motifs is 1. The summed E-state index contributed by atoms with van der Waals surface area (Å²) in [7, 11) is 0. The highest BCUT2D eigenvalue weighted by molar-refractivity contribution is 6.11. The summed E-state index contributed by atoms with van der Waals surface area (Å²) in [6.07, 6.45) is 3.18. The van der Waals surface area contributed by atoms with Crippen LogP contribution in [0.1, 0.15) is 27.0 Å². The molecule has 1 fully saturated rings. The second-order valence-electron chi connectivity index (χ2n) is 8.53. The maximum atomic E-state index is 11.9. The first-order valence-corrected chi connectivity index (χ1v) is 11.5. The van der Waals surface area contributed by atoms with Crippen molar-refractivity contribution in [3.63, 3.8) is 0 Å². The molecule has 1 saturated heterocycles. The fourth-order valence-corrected chi connectivity index (χ4v) is 4.31. The van der Waals surface area contributed by atoms with Crippen molar-refractivity contribution in [2.45, 2.75) is 6.54 Å². The smallest absolute Gasteiger partial charge is 0.338 e. The lowest BCUT2D eigenvalue weighted by Crippen LogP contribution is -2.35. The van der Waals surface area contributed by atoms with Gasteiger partial charge in [-0.25, -0.2) is 4.79 Å². The van der Waals surface area contributed by atoms with Crippen molar-refractivity contribution in [1.82, 2.24) is 9.88 Å². The summed E-state index contributed by atoms with van der Waals surface area (Å²) in [6.45, 7) is 4.47. The predicted molar refractivity (Wildman–Crippen MR) is 137 cm³/mol. The van der Waals surface area contributed by atoms with Crippen molar-refractivity contribution in [2.75, 3.05) is 32.0 Å². The Hall–Kier alpha value is -4.18. The number of aromatic nitrogens is 1. The maximum Gasteiger partial charge on any atom is 0.338 e. The number of pyridine rings is 1. The monoisotopic (exact) mass is 463 g/mol. The third-order valence-corrected chi connectivity index (χ3v) is 6.21. The number of aromatic carboxylic acids is 1. The molecule has 35 heavy (non-hydrogen) atoms. The average Bonchev–Trinajstić information content (AvgIpc) is 2.89. The van der Waals surface area contributed by atoms with Gasteiger partial charge < -0.3 is 15.6 Å². The normalized spacial score (nSPS) is 13.8. The van der Waals surface area contributed by atoms with Crippen LogP contribution in [0.3, 0.4) is 0 Å². The van der Waals surface area contributed by atoms with Gasteiger partial charge in [0.15, 0.2) is 0 Å². The lowest BCUT2D eigenvalue weighted by atomic mass is 9.95. The molecule has 3 aromatic carbocycles. The molecule has 2 heterocycles. The van der Waals surface area contributed by atoms with Crippen molar-refractivity contribution in [3.05, 3.63) is 95.3 Å². The van der Waals surface area contributed by atoms with E-state index in [4.69, 9.17) is 10.5 Å². The summed E-state index contributed by atoms with van der Waals surface area (Å²) < 4.78 is 5.41. The van der Waals surface area contributed by atoms with Gasteiger partial charge in [0.1, 0.15) is 0 Å². The zero-order chi connectivity index (χ0) is 24.2. The minimum absolute atomic E-state index is 0.0755. The van der Waals surface area contributed by atoms with Crippen LogP contribution in [-0.4, -0.2) is 47.3 Å². The van der Waals surface area contributed by atoms with Gasteiger partial charge in [0.2, 0.25) is 0 Å². The highest BCUT2D eigenvalue weighted by Crippen LogP contribution is 2.34. The number of anilines is 1. The molecular weight excluding hydrogens is 438 g/mol. The minimum Gasteiger partial charge on any atom is -0.478 e. The quantitative estimate of drug-likeness (QED) is 0.344. The molecular formula is C29H25N3O3. The second-order valence-corrected chi connectivity index (χ2v) is 8.53. The Labute approximate surface area is 204 Å². The van der Waals surface area contributed by atoms with E-state index in [0.29, 0.717) is 10.9 Å². The van der Waals surface area contributed by atoms with Gasteiger partial charge in [0.05, 0.1) is 24.5 Å². The number of hydrogen-bond acceptors (Lipinski definition) is 5. The van der Waals surface area contributed by atoms with Crippen LogP contribution in [0.15, 0.2) is 73.1 Å². The number of nitrogens with zero attached hydrogens (tertiary/aromatic N) is 2. The van der Waals surface area contributed by atoms with E-state index < -0.39 is 5.97 Å². The Morgan fingerprint density at radius 3 is 2.31 bits per heavy atom. The standard InChI is InChI=1S/C29H25N3O3/c30-28-25(17-24-11-12-31-18-26(24)27(28)29(33)34)23-9-7-21(8-10-23)2-1-20-3-5-22(6-4-20)19-32-13-15-35-16-14-32/h3-12,17-18H,13-16,19,30H2,(H,33,34). The molecule has 1 aliphatic heterocycles. The Kier molecular flexibility index (Phi) is 6.44. The summed E-state index contributed by atoms with van der Waals surface area (Å²) in [4.78, 5) is 18.3.